The largest absolute Gasteiger partial charge is 0.355 e. The third-order valence-corrected chi connectivity index (χ3v) is 4.04. The molecule has 1 aromatic heterocycles. The zero-order chi connectivity index (χ0) is 17.8. The Kier molecular flexibility index (Phi) is 5.16. The summed E-state index contributed by atoms with van der Waals surface area (Å²) in [6.07, 6.45) is 1.51. The lowest BCUT2D eigenvalue weighted by Gasteiger charge is -2.09. The van der Waals surface area contributed by atoms with Crippen LogP contribution in [0.25, 0.3) is 0 Å². The molecule has 0 bridgehead atoms. The topological polar surface area (TPSA) is 54.0 Å². The van der Waals surface area contributed by atoms with Crippen LogP contribution >= 0.6 is 23.2 Å². The van der Waals surface area contributed by atoms with Crippen molar-refractivity contribution in [1.29, 1.82) is 0 Å². The van der Waals surface area contributed by atoms with E-state index in [9.17, 15) is 9.18 Å². The van der Waals surface area contributed by atoms with Crippen LogP contribution in [0.2, 0.25) is 10.0 Å². The lowest BCUT2D eigenvalue weighted by atomic mass is 10.2. The summed E-state index contributed by atoms with van der Waals surface area (Å²) in [6.45, 7) is 0. The third-order valence-electron chi connectivity index (χ3n) is 3.30. The first-order valence-electron chi connectivity index (χ1n) is 7.26. The van der Waals surface area contributed by atoms with Crippen molar-refractivity contribution in [2.75, 3.05) is 10.6 Å². The van der Waals surface area contributed by atoms with E-state index in [1.54, 1.807) is 42.5 Å². The molecular weight excluding hydrogens is 364 g/mol. The summed E-state index contributed by atoms with van der Waals surface area (Å²) in [5, 5.41) is 6.54. The number of amides is 1. The highest BCUT2D eigenvalue weighted by molar-refractivity contribution is 6.42. The predicted molar refractivity (Wildman–Crippen MR) is 98.3 cm³/mol. The van der Waals surface area contributed by atoms with E-state index < -0.39 is 0 Å². The van der Waals surface area contributed by atoms with Gasteiger partial charge in [-0.05, 0) is 54.6 Å². The van der Waals surface area contributed by atoms with E-state index in [0.717, 1.165) is 0 Å². The Balaban J connectivity index is 1.74. The summed E-state index contributed by atoms with van der Waals surface area (Å²) in [7, 11) is 0. The molecule has 0 saturated carbocycles. The Morgan fingerprint density at radius 1 is 0.880 bits per heavy atom. The maximum Gasteiger partial charge on any atom is 0.274 e. The van der Waals surface area contributed by atoms with Gasteiger partial charge in [0.2, 0.25) is 0 Å². The van der Waals surface area contributed by atoms with Crippen LogP contribution in [-0.4, -0.2) is 10.9 Å². The van der Waals surface area contributed by atoms with Gasteiger partial charge in [0.1, 0.15) is 11.5 Å². The molecule has 7 heteroatoms. The molecule has 0 unspecified atom stereocenters. The number of hydrogen-bond donors (Lipinski definition) is 2. The fourth-order valence-electron chi connectivity index (χ4n) is 2.10. The van der Waals surface area contributed by atoms with Gasteiger partial charge in [-0.2, -0.15) is 0 Å². The molecule has 0 atom stereocenters. The molecule has 25 heavy (non-hydrogen) atoms. The number of nitrogens with zero attached hydrogens (tertiary/aromatic N) is 1. The Hall–Kier alpha value is -2.63. The summed E-state index contributed by atoms with van der Waals surface area (Å²) >= 11 is 11.8. The minimum Gasteiger partial charge on any atom is -0.355 e. The molecule has 3 aromatic rings. The molecule has 0 spiro atoms. The van der Waals surface area contributed by atoms with Crippen LogP contribution in [0.5, 0.6) is 0 Å². The van der Waals surface area contributed by atoms with Gasteiger partial charge in [-0.1, -0.05) is 23.2 Å². The molecule has 1 amide bonds. The lowest BCUT2D eigenvalue weighted by Crippen LogP contribution is -2.13. The average Bonchev–Trinajstić information content (AvgIpc) is 2.60. The van der Waals surface area contributed by atoms with E-state index in [1.165, 1.54) is 18.3 Å². The van der Waals surface area contributed by atoms with Crippen LogP contribution in [0.3, 0.4) is 0 Å². The van der Waals surface area contributed by atoms with Crippen molar-refractivity contribution in [3.8, 4) is 0 Å². The van der Waals surface area contributed by atoms with E-state index >= 15 is 0 Å². The number of nitrogens with one attached hydrogen (secondary N) is 2. The van der Waals surface area contributed by atoms with E-state index in [4.69, 9.17) is 23.2 Å². The molecule has 3 rings (SSSR count). The van der Waals surface area contributed by atoms with Gasteiger partial charge >= 0.3 is 0 Å². The first-order chi connectivity index (χ1) is 12.0. The molecule has 0 aliphatic heterocycles. The standard InChI is InChI=1S/C18H12Cl2FN3O/c19-15-6-5-13(9-16(15)20)24-18(25)17-10-14(7-8-22-17)23-12-3-1-11(21)2-4-12/h1-10H,(H,22,23)(H,24,25). The van der Waals surface area contributed by atoms with Crippen molar-refractivity contribution in [3.05, 3.63) is 82.4 Å². The Labute approximate surface area is 153 Å². The van der Waals surface area contributed by atoms with Crippen LogP contribution in [-0.2, 0) is 0 Å². The summed E-state index contributed by atoms with van der Waals surface area (Å²) in [5.41, 5.74) is 2.08. The van der Waals surface area contributed by atoms with E-state index in [-0.39, 0.29) is 17.4 Å². The molecule has 2 aromatic carbocycles. The minimum absolute atomic E-state index is 0.221. The Morgan fingerprint density at radius 3 is 2.32 bits per heavy atom. The van der Waals surface area contributed by atoms with E-state index in [1.807, 2.05) is 0 Å². The van der Waals surface area contributed by atoms with Crippen LogP contribution in [0.1, 0.15) is 10.5 Å². The predicted octanol–water partition coefficient (Wildman–Crippen LogP) is 5.52. The normalized spacial score (nSPS) is 10.4. The number of rotatable bonds is 4. The number of halogens is 3. The second-order valence-electron chi connectivity index (χ2n) is 5.14. The van der Waals surface area contributed by atoms with Gasteiger partial charge in [0.15, 0.2) is 0 Å². The zero-order valence-corrected chi connectivity index (χ0v) is 14.3. The SMILES string of the molecule is O=C(Nc1ccc(Cl)c(Cl)c1)c1cc(Nc2ccc(F)cc2)ccn1. The quantitative estimate of drug-likeness (QED) is 0.630. The van der Waals surface area contributed by atoms with Gasteiger partial charge in [-0.15, -0.1) is 0 Å². The van der Waals surface area contributed by atoms with Crippen molar-refractivity contribution >= 4 is 46.2 Å². The number of pyridine rings is 1. The highest BCUT2D eigenvalue weighted by Crippen LogP contribution is 2.25. The third kappa shape index (κ3) is 4.47. The summed E-state index contributed by atoms with van der Waals surface area (Å²) < 4.78 is 12.9. The fraction of sp³-hybridized carbons (Fsp3) is 0. The molecule has 0 radical (unpaired) electrons. The van der Waals surface area contributed by atoms with Crippen LogP contribution < -0.4 is 10.6 Å². The highest BCUT2D eigenvalue weighted by atomic mass is 35.5. The Morgan fingerprint density at radius 2 is 1.60 bits per heavy atom. The van der Waals surface area contributed by atoms with Gasteiger partial charge < -0.3 is 10.6 Å². The molecule has 4 nitrogen and oxygen atoms in total. The summed E-state index contributed by atoms with van der Waals surface area (Å²) in [5.74, 6) is -0.705. The Bertz CT molecular complexity index is 916. The average molecular weight is 376 g/mol. The minimum atomic E-state index is -0.388. The molecule has 2 N–H and O–H groups in total. The van der Waals surface area contributed by atoms with Crippen LogP contribution in [0.15, 0.2) is 60.8 Å². The summed E-state index contributed by atoms with van der Waals surface area (Å²) in [6, 6.07) is 14.0. The van der Waals surface area contributed by atoms with Crippen molar-refractivity contribution < 1.29 is 9.18 Å². The number of carbonyl (C=O) groups is 1. The first kappa shape index (κ1) is 17.2. The smallest absolute Gasteiger partial charge is 0.274 e. The van der Waals surface area contributed by atoms with Crippen LogP contribution in [0.4, 0.5) is 21.5 Å². The molecule has 0 aliphatic rings. The zero-order valence-electron chi connectivity index (χ0n) is 12.8. The van der Waals surface area contributed by atoms with Crippen molar-refractivity contribution in [2.45, 2.75) is 0 Å². The molecule has 1 heterocycles. The molecular formula is C18H12Cl2FN3O. The van der Waals surface area contributed by atoms with Crippen molar-refractivity contribution in [2.24, 2.45) is 0 Å². The van der Waals surface area contributed by atoms with Crippen molar-refractivity contribution in [1.82, 2.24) is 4.98 Å². The maximum atomic E-state index is 12.9. The number of hydrogen-bond acceptors (Lipinski definition) is 3. The second kappa shape index (κ2) is 7.51. The van der Waals surface area contributed by atoms with Gasteiger partial charge in [-0.3, -0.25) is 9.78 Å². The highest BCUT2D eigenvalue weighted by Gasteiger charge is 2.10. The number of benzene rings is 2. The molecule has 0 aliphatic carbocycles. The maximum absolute atomic E-state index is 12.9. The van der Waals surface area contributed by atoms with Gasteiger partial charge in [-0.25, -0.2) is 4.39 Å². The van der Waals surface area contributed by atoms with Gasteiger partial charge in [0, 0.05) is 23.3 Å². The number of carbonyl (C=O) groups excluding carboxylic acids is 1. The molecule has 0 saturated heterocycles. The number of anilines is 3. The first-order valence-corrected chi connectivity index (χ1v) is 8.02. The van der Waals surface area contributed by atoms with Gasteiger partial charge in [0.25, 0.3) is 5.91 Å². The molecule has 0 fully saturated rings. The molecule has 126 valence electrons. The van der Waals surface area contributed by atoms with Crippen LogP contribution in [0, 0.1) is 5.82 Å². The second-order valence-corrected chi connectivity index (χ2v) is 5.96. The van der Waals surface area contributed by atoms with E-state index in [2.05, 4.69) is 15.6 Å². The monoisotopic (exact) mass is 375 g/mol. The summed E-state index contributed by atoms with van der Waals surface area (Å²) in [4.78, 5) is 16.4. The fourth-order valence-corrected chi connectivity index (χ4v) is 2.40. The van der Waals surface area contributed by atoms with E-state index in [0.29, 0.717) is 27.1 Å². The number of aromatic nitrogens is 1. The van der Waals surface area contributed by atoms with Gasteiger partial charge in [0.05, 0.1) is 10.0 Å². The lowest BCUT2D eigenvalue weighted by molar-refractivity contribution is 0.102. The van der Waals surface area contributed by atoms with Crippen molar-refractivity contribution in [3.63, 3.8) is 0 Å².